The third kappa shape index (κ3) is 6.28. The van der Waals surface area contributed by atoms with E-state index in [2.05, 4.69) is 5.32 Å². The number of carbonyl (C=O) groups excluding carboxylic acids is 3. The van der Waals surface area contributed by atoms with Crippen LogP contribution in [0.3, 0.4) is 0 Å². The quantitative estimate of drug-likeness (QED) is 0.205. The van der Waals surface area contributed by atoms with Gasteiger partial charge in [0.15, 0.2) is 0 Å². The van der Waals surface area contributed by atoms with Gasteiger partial charge in [-0.2, -0.15) is 13.2 Å². The summed E-state index contributed by atoms with van der Waals surface area (Å²) >= 11 is 0. The highest BCUT2D eigenvalue weighted by molar-refractivity contribution is 6.44. The summed E-state index contributed by atoms with van der Waals surface area (Å²) in [6, 6.07) is 18.1. The molecule has 4 aromatic rings. The highest BCUT2D eigenvalue weighted by Gasteiger charge is 2.32. The van der Waals surface area contributed by atoms with Crippen molar-refractivity contribution in [1.82, 2.24) is 9.47 Å². The van der Waals surface area contributed by atoms with Crippen molar-refractivity contribution in [2.45, 2.75) is 26.6 Å². The summed E-state index contributed by atoms with van der Waals surface area (Å²) in [6.45, 7) is 3.97. The van der Waals surface area contributed by atoms with Crippen molar-refractivity contribution in [3.8, 4) is 11.5 Å². The molecule has 3 aromatic carbocycles. The summed E-state index contributed by atoms with van der Waals surface area (Å²) in [5.74, 6) is -1.74. The molecule has 1 aromatic heterocycles. The van der Waals surface area contributed by atoms with Crippen LogP contribution in [0.15, 0.2) is 79.0 Å². The molecule has 0 aliphatic heterocycles. The number of ketones is 1. The Hall–Kier alpha value is -4.60. The fourth-order valence-electron chi connectivity index (χ4n) is 4.20. The van der Waals surface area contributed by atoms with Crippen LogP contribution >= 0.6 is 0 Å². The minimum absolute atomic E-state index is 0.0967. The summed E-state index contributed by atoms with van der Waals surface area (Å²) in [4.78, 5) is 40.0. The molecular formula is C29H26F3N3O4. The van der Waals surface area contributed by atoms with E-state index in [9.17, 15) is 27.6 Å². The Morgan fingerprint density at radius 1 is 0.897 bits per heavy atom. The van der Waals surface area contributed by atoms with Gasteiger partial charge in [0.2, 0.25) is 5.91 Å². The zero-order valence-corrected chi connectivity index (χ0v) is 21.3. The van der Waals surface area contributed by atoms with E-state index < -0.39 is 29.3 Å². The zero-order valence-electron chi connectivity index (χ0n) is 21.3. The standard InChI is InChI=1S/C29H26F3N3O4/c1-3-34(4-2)28(38)27(37)24-17-35(25-13-9-8-12-23(24)25)18-26(36)33-20-14-19(29(30,31)32)15-22(16-20)39-21-10-6-5-7-11-21/h5-17H,3-4,18H2,1-2H3,(H,33,36). The predicted octanol–water partition coefficient (Wildman–Crippen LogP) is 6.14. The van der Waals surface area contributed by atoms with E-state index in [0.717, 1.165) is 12.1 Å². The Balaban J connectivity index is 1.60. The van der Waals surface area contributed by atoms with Gasteiger partial charge in [-0.05, 0) is 44.2 Å². The summed E-state index contributed by atoms with van der Waals surface area (Å²) in [5, 5.41) is 2.99. The number of aromatic nitrogens is 1. The molecule has 0 bridgehead atoms. The second-order valence-corrected chi connectivity index (χ2v) is 8.70. The van der Waals surface area contributed by atoms with Crippen LogP contribution in [0.1, 0.15) is 29.8 Å². The molecule has 0 aliphatic rings. The number of fused-ring (bicyclic) bond motifs is 1. The Morgan fingerprint density at radius 2 is 1.56 bits per heavy atom. The number of ether oxygens (including phenoxy) is 1. The van der Waals surface area contributed by atoms with Gasteiger partial charge in [-0.3, -0.25) is 14.4 Å². The SMILES string of the molecule is CCN(CC)C(=O)C(=O)c1cn(CC(=O)Nc2cc(Oc3ccccc3)cc(C(F)(F)F)c2)c2ccccc12. The van der Waals surface area contributed by atoms with Gasteiger partial charge in [-0.25, -0.2) is 0 Å². The van der Waals surface area contributed by atoms with E-state index in [1.54, 1.807) is 68.4 Å². The van der Waals surface area contributed by atoms with Crippen molar-refractivity contribution < 1.29 is 32.3 Å². The first-order valence-corrected chi connectivity index (χ1v) is 12.3. The lowest BCUT2D eigenvalue weighted by Crippen LogP contribution is -2.36. The van der Waals surface area contributed by atoms with Crippen molar-refractivity contribution >= 4 is 34.2 Å². The molecule has 2 amide bonds. The van der Waals surface area contributed by atoms with Crippen LogP contribution in [0.2, 0.25) is 0 Å². The van der Waals surface area contributed by atoms with Crippen LogP contribution in [0, 0.1) is 0 Å². The average Bonchev–Trinajstić information content (AvgIpc) is 3.27. The number of likely N-dealkylation sites (N-methyl/N-ethyl adjacent to an activating group) is 1. The van der Waals surface area contributed by atoms with Crippen molar-refractivity contribution in [2.24, 2.45) is 0 Å². The monoisotopic (exact) mass is 537 g/mol. The second kappa shape index (κ2) is 11.4. The number of Topliss-reactive ketones (excluding diaryl/α,β-unsaturated/α-hetero) is 1. The first-order chi connectivity index (χ1) is 18.6. The van der Waals surface area contributed by atoms with E-state index in [0.29, 0.717) is 29.7 Å². The normalized spacial score (nSPS) is 11.3. The molecule has 1 heterocycles. The molecule has 202 valence electrons. The van der Waals surface area contributed by atoms with Gasteiger partial charge in [-0.15, -0.1) is 0 Å². The lowest BCUT2D eigenvalue weighted by Gasteiger charge is -2.17. The smallest absolute Gasteiger partial charge is 0.416 e. The van der Waals surface area contributed by atoms with Crippen molar-refractivity contribution in [3.05, 3.63) is 90.1 Å². The molecule has 0 atom stereocenters. The molecule has 0 saturated heterocycles. The van der Waals surface area contributed by atoms with Crippen LogP contribution < -0.4 is 10.1 Å². The van der Waals surface area contributed by atoms with Gasteiger partial charge in [-0.1, -0.05) is 36.4 Å². The maximum atomic E-state index is 13.6. The molecule has 7 nitrogen and oxygen atoms in total. The molecule has 0 fully saturated rings. The van der Waals surface area contributed by atoms with Gasteiger partial charge < -0.3 is 19.5 Å². The number of benzene rings is 3. The first kappa shape index (κ1) is 27.4. The molecule has 0 saturated carbocycles. The Kier molecular flexibility index (Phi) is 8.04. The fraction of sp³-hybridized carbons (Fsp3) is 0.207. The van der Waals surface area contributed by atoms with E-state index in [1.807, 2.05) is 0 Å². The Morgan fingerprint density at radius 3 is 2.23 bits per heavy atom. The summed E-state index contributed by atoms with van der Waals surface area (Å²) in [7, 11) is 0. The molecular weight excluding hydrogens is 511 g/mol. The third-order valence-electron chi connectivity index (χ3n) is 6.09. The number of carbonyl (C=O) groups is 3. The van der Waals surface area contributed by atoms with Gasteiger partial charge in [0.1, 0.15) is 18.0 Å². The number of nitrogens with zero attached hydrogens (tertiary/aromatic N) is 2. The minimum Gasteiger partial charge on any atom is -0.457 e. The molecule has 4 rings (SSSR count). The number of alkyl halides is 3. The van der Waals surface area contributed by atoms with Crippen molar-refractivity contribution in [1.29, 1.82) is 0 Å². The summed E-state index contributed by atoms with van der Waals surface area (Å²) < 4.78 is 47.7. The molecule has 0 radical (unpaired) electrons. The van der Waals surface area contributed by atoms with Gasteiger partial charge in [0.25, 0.3) is 11.7 Å². The first-order valence-electron chi connectivity index (χ1n) is 12.3. The predicted molar refractivity (Wildman–Crippen MR) is 141 cm³/mol. The number of hydrogen-bond acceptors (Lipinski definition) is 4. The van der Waals surface area contributed by atoms with E-state index in [-0.39, 0.29) is 23.5 Å². The molecule has 0 unspecified atom stereocenters. The number of halogens is 3. The highest BCUT2D eigenvalue weighted by Crippen LogP contribution is 2.35. The largest absolute Gasteiger partial charge is 0.457 e. The zero-order chi connectivity index (χ0) is 28.2. The van der Waals surface area contributed by atoms with E-state index in [4.69, 9.17) is 4.74 Å². The maximum absolute atomic E-state index is 13.6. The van der Waals surface area contributed by atoms with Crippen LogP contribution in [0.5, 0.6) is 11.5 Å². The summed E-state index contributed by atoms with van der Waals surface area (Å²) in [5.41, 5.74) is -0.418. The van der Waals surface area contributed by atoms with E-state index in [1.165, 1.54) is 21.7 Å². The number of hydrogen-bond donors (Lipinski definition) is 1. The van der Waals surface area contributed by atoms with Crippen molar-refractivity contribution in [3.63, 3.8) is 0 Å². The number of nitrogens with one attached hydrogen (secondary N) is 1. The minimum atomic E-state index is -4.67. The number of anilines is 1. The topological polar surface area (TPSA) is 80.6 Å². The molecule has 0 aliphatic carbocycles. The van der Waals surface area contributed by atoms with Gasteiger partial charge in [0.05, 0.1) is 11.1 Å². The fourth-order valence-corrected chi connectivity index (χ4v) is 4.20. The van der Waals surface area contributed by atoms with Crippen molar-refractivity contribution in [2.75, 3.05) is 18.4 Å². The lowest BCUT2D eigenvalue weighted by molar-refractivity contribution is -0.137. The van der Waals surface area contributed by atoms with Crippen LogP contribution in [-0.4, -0.2) is 40.2 Å². The molecule has 39 heavy (non-hydrogen) atoms. The van der Waals surface area contributed by atoms with Gasteiger partial charge >= 0.3 is 6.18 Å². The lowest BCUT2D eigenvalue weighted by atomic mass is 10.1. The van der Waals surface area contributed by atoms with Crippen LogP contribution in [-0.2, 0) is 22.3 Å². The number of amides is 2. The molecule has 10 heteroatoms. The van der Waals surface area contributed by atoms with E-state index >= 15 is 0 Å². The van der Waals surface area contributed by atoms with Gasteiger partial charge in [0, 0.05) is 41.9 Å². The molecule has 1 N–H and O–H groups in total. The molecule has 0 spiro atoms. The maximum Gasteiger partial charge on any atom is 0.416 e. The Bertz CT molecular complexity index is 1510. The van der Waals surface area contributed by atoms with Crippen LogP contribution in [0.25, 0.3) is 10.9 Å². The van der Waals surface area contributed by atoms with Crippen LogP contribution in [0.4, 0.5) is 18.9 Å². The summed E-state index contributed by atoms with van der Waals surface area (Å²) in [6.07, 6.45) is -3.25. The third-order valence-corrected chi connectivity index (χ3v) is 6.09. The number of rotatable bonds is 9. The Labute approximate surface area is 222 Å². The highest BCUT2D eigenvalue weighted by atomic mass is 19.4. The second-order valence-electron chi connectivity index (χ2n) is 8.70. The number of para-hydroxylation sites is 2. The average molecular weight is 538 g/mol.